The third-order valence-corrected chi connectivity index (χ3v) is 15.4. The molecule has 7 N–H and O–H groups in total. The molecule has 54 heavy (non-hydrogen) atoms. The molecule has 0 amide bonds. The Morgan fingerprint density at radius 1 is 0.889 bits per heavy atom. The highest BCUT2D eigenvalue weighted by molar-refractivity contribution is 5.94. The van der Waals surface area contributed by atoms with Crippen molar-refractivity contribution in [2.75, 3.05) is 13.2 Å². The van der Waals surface area contributed by atoms with Crippen LogP contribution in [0.25, 0.3) is 0 Å². The van der Waals surface area contributed by atoms with Crippen LogP contribution in [0, 0.1) is 39.4 Å². The van der Waals surface area contributed by atoms with Gasteiger partial charge in [0.1, 0.15) is 42.7 Å². The third-order valence-electron chi connectivity index (χ3n) is 15.4. The standard InChI is InChI=1S/C41H64O13/c1-20(2)25(43)10-8-21(3)22-13-17-41(37(49)50)24-9-11-28-38(4,5)29(14-15-39(28,6)23(24)12-16-40(22,41)7)53-36-34(30(45)26(44)19-51-36)54-35-33(48)32(47)31(46)27(18-42)52-35/h21-22,26-36,42,44-48H,1,8-19H2,2-7H3,(H,49,50). The summed E-state index contributed by atoms with van der Waals surface area (Å²) in [5, 5.41) is 73.7. The van der Waals surface area contributed by atoms with Crippen LogP contribution < -0.4 is 0 Å². The van der Waals surface area contributed by atoms with Crippen LogP contribution in [0.2, 0.25) is 0 Å². The van der Waals surface area contributed by atoms with Crippen molar-refractivity contribution in [2.24, 2.45) is 39.4 Å². The predicted molar refractivity (Wildman–Crippen MR) is 194 cm³/mol. The van der Waals surface area contributed by atoms with Crippen LogP contribution in [-0.2, 0) is 28.5 Å². The van der Waals surface area contributed by atoms with Crippen molar-refractivity contribution in [3.05, 3.63) is 23.3 Å². The minimum atomic E-state index is -1.72. The Balaban J connectivity index is 1.23. The van der Waals surface area contributed by atoms with Crippen molar-refractivity contribution in [1.82, 2.24) is 0 Å². The maximum atomic E-state index is 13.7. The van der Waals surface area contributed by atoms with Crippen molar-refractivity contribution in [3.63, 3.8) is 0 Å². The summed E-state index contributed by atoms with van der Waals surface area (Å²) in [6.07, 6.45) is -6.57. The van der Waals surface area contributed by atoms with E-state index in [2.05, 4.69) is 41.2 Å². The van der Waals surface area contributed by atoms with Gasteiger partial charge in [-0.15, -0.1) is 0 Å². The fraction of sp³-hybridized carbons (Fsp3) is 0.854. The Morgan fingerprint density at radius 2 is 1.59 bits per heavy atom. The van der Waals surface area contributed by atoms with Crippen molar-refractivity contribution >= 4 is 11.8 Å². The molecule has 13 nitrogen and oxygen atoms in total. The summed E-state index contributed by atoms with van der Waals surface area (Å²) < 4.78 is 24.1. The van der Waals surface area contributed by atoms with Crippen LogP contribution in [-0.4, -0.2) is 122 Å². The summed E-state index contributed by atoms with van der Waals surface area (Å²) in [6, 6.07) is 0. The predicted octanol–water partition coefficient (Wildman–Crippen LogP) is 3.01. The number of hydrogen-bond acceptors (Lipinski definition) is 12. The molecule has 2 saturated carbocycles. The van der Waals surface area contributed by atoms with E-state index in [1.165, 1.54) is 5.57 Å². The zero-order chi connectivity index (χ0) is 39.7. The van der Waals surface area contributed by atoms with E-state index < -0.39 is 84.1 Å². The fourth-order valence-corrected chi connectivity index (χ4v) is 12.3. The number of hydrogen-bond donors (Lipinski definition) is 7. The molecule has 0 spiro atoms. The van der Waals surface area contributed by atoms with Gasteiger partial charge in [0, 0.05) is 6.42 Å². The van der Waals surface area contributed by atoms with Gasteiger partial charge >= 0.3 is 5.97 Å². The second-order valence-corrected chi connectivity index (χ2v) is 18.5. The van der Waals surface area contributed by atoms with Gasteiger partial charge < -0.3 is 54.7 Å². The van der Waals surface area contributed by atoms with Gasteiger partial charge in [-0.05, 0) is 104 Å². The van der Waals surface area contributed by atoms with Gasteiger partial charge in [-0.25, -0.2) is 0 Å². The number of aliphatic hydroxyl groups excluding tert-OH is 6. The van der Waals surface area contributed by atoms with E-state index in [1.807, 2.05) is 0 Å². The van der Waals surface area contributed by atoms with Crippen molar-refractivity contribution in [3.8, 4) is 0 Å². The first kappa shape index (κ1) is 41.8. The Morgan fingerprint density at radius 3 is 2.24 bits per heavy atom. The number of carbonyl (C=O) groups excluding carboxylic acids is 1. The van der Waals surface area contributed by atoms with E-state index in [-0.39, 0.29) is 41.7 Å². The lowest BCUT2D eigenvalue weighted by atomic mass is 9.43. The number of ketones is 1. The maximum Gasteiger partial charge on any atom is 0.314 e. The molecule has 6 aliphatic rings. The number of ether oxygens (including phenoxy) is 4. The van der Waals surface area contributed by atoms with Gasteiger partial charge in [0.15, 0.2) is 18.4 Å². The molecule has 4 aliphatic carbocycles. The number of Topliss-reactive ketones (excluding diaryl/α,β-unsaturated/α-hetero) is 1. The number of rotatable bonds is 11. The normalized spacial score (nSPS) is 46.6. The highest BCUT2D eigenvalue weighted by Crippen LogP contribution is 2.73. The van der Waals surface area contributed by atoms with Crippen LogP contribution in [0.5, 0.6) is 0 Å². The van der Waals surface area contributed by atoms with E-state index in [0.29, 0.717) is 31.3 Å². The third kappa shape index (κ3) is 6.56. The van der Waals surface area contributed by atoms with Gasteiger partial charge in [0.05, 0.1) is 24.7 Å². The molecule has 2 aliphatic heterocycles. The van der Waals surface area contributed by atoms with E-state index >= 15 is 0 Å². The zero-order valence-electron chi connectivity index (χ0n) is 32.8. The largest absolute Gasteiger partial charge is 0.481 e. The van der Waals surface area contributed by atoms with Crippen LogP contribution in [0.3, 0.4) is 0 Å². The number of aliphatic hydroxyl groups is 6. The summed E-state index contributed by atoms with van der Waals surface area (Å²) in [5.41, 5.74) is 0.868. The molecule has 0 aromatic heterocycles. The number of carboxylic acid groups (broad SMARTS) is 1. The monoisotopic (exact) mass is 764 g/mol. The average molecular weight is 765 g/mol. The molecule has 6 rings (SSSR count). The molecule has 2 saturated heterocycles. The Hall–Kier alpha value is -1.78. The highest BCUT2D eigenvalue weighted by Gasteiger charge is 2.68. The van der Waals surface area contributed by atoms with Crippen LogP contribution in [0.4, 0.5) is 0 Å². The lowest BCUT2D eigenvalue weighted by Gasteiger charge is -2.62. The van der Waals surface area contributed by atoms with Crippen LogP contribution >= 0.6 is 0 Å². The molecule has 4 fully saturated rings. The first-order chi connectivity index (χ1) is 25.3. The quantitative estimate of drug-likeness (QED) is 0.119. The topological polar surface area (TPSA) is 213 Å². The van der Waals surface area contributed by atoms with E-state index in [1.54, 1.807) is 6.92 Å². The molecule has 0 bridgehead atoms. The van der Waals surface area contributed by atoms with E-state index in [4.69, 9.17) is 18.9 Å². The molecule has 16 atom stereocenters. The Bertz CT molecular complexity index is 1480. The van der Waals surface area contributed by atoms with Gasteiger partial charge in [0.2, 0.25) is 0 Å². The molecule has 0 aromatic carbocycles. The number of carboxylic acids is 1. The highest BCUT2D eigenvalue weighted by atomic mass is 16.8. The van der Waals surface area contributed by atoms with E-state index in [9.17, 15) is 45.3 Å². The van der Waals surface area contributed by atoms with Crippen LogP contribution in [0.1, 0.15) is 106 Å². The molecule has 0 aromatic rings. The molecule has 306 valence electrons. The SMILES string of the molecule is C=C(C)C(=O)CCC(C)C1CCC2(C(=O)O)C3=C(CCC12C)C1(C)CCC(OC2OCC(O)C(O)C2OC2OC(CO)C(O)C(O)C2O)C(C)(C)C1CC3. The molecule has 2 heterocycles. The van der Waals surface area contributed by atoms with E-state index in [0.717, 1.165) is 44.1 Å². The Labute approximate surface area is 318 Å². The summed E-state index contributed by atoms with van der Waals surface area (Å²) in [4.78, 5) is 26.1. The van der Waals surface area contributed by atoms with Gasteiger partial charge in [-0.1, -0.05) is 52.3 Å². The second-order valence-electron chi connectivity index (χ2n) is 18.5. The minimum Gasteiger partial charge on any atom is -0.481 e. The zero-order valence-corrected chi connectivity index (χ0v) is 32.8. The Kier molecular flexibility index (Phi) is 11.8. The average Bonchev–Trinajstić information content (AvgIpc) is 3.45. The summed E-state index contributed by atoms with van der Waals surface area (Å²) in [7, 11) is 0. The molecular weight excluding hydrogens is 700 g/mol. The first-order valence-electron chi connectivity index (χ1n) is 20.0. The van der Waals surface area contributed by atoms with Gasteiger partial charge in [-0.3, -0.25) is 9.59 Å². The molecule has 13 heteroatoms. The number of carbonyl (C=O) groups is 2. The van der Waals surface area contributed by atoms with Crippen molar-refractivity contribution in [2.45, 2.75) is 167 Å². The summed E-state index contributed by atoms with van der Waals surface area (Å²) in [6.45, 7) is 15.7. The van der Waals surface area contributed by atoms with Crippen molar-refractivity contribution in [1.29, 1.82) is 0 Å². The number of aliphatic carboxylic acids is 1. The maximum absolute atomic E-state index is 13.7. The second kappa shape index (κ2) is 15.2. The molecular formula is C41H64O13. The van der Waals surface area contributed by atoms with Gasteiger partial charge in [-0.2, -0.15) is 0 Å². The summed E-state index contributed by atoms with van der Waals surface area (Å²) >= 11 is 0. The minimum absolute atomic E-state index is 0.0669. The smallest absolute Gasteiger partial charge is 0.314 e. The number of allylic oxidation sites excluding steroid dienone is 2. The van der Waals surface area contributed by atoms with Gasteiger partial charge in [0.25, 0.3) is 0 Å². The lowest BCUT2D eigenvalue weighted by Crippen LogP contribution is -2.64. The lowest BCUT2D eigenvalue weighted by molar-refractivity contribution is -0.365. The first-order valence-corrected chi connectivity index (χ1v) is 20.0. The fourth-order valence-electron chi connectivity index (χ4n) is 12.3. The summed E-state index contributed by atoms with van der Waals surface area (Å²) in [5.74, 6) is -0.142. The molecule has 0 radical (unpaired) electrons. The van der Waals surface area contributed by atoms with Crippen molar-refractivity contribution < 1.29 is 64.3 Å². The molecule has 16 unspecified atom stereocenters. The number of fused-ring (bicyclic) bond motifs is 4. The van der Waals surface area contributed by atoms with Crippen LogP contribution in [0.15, 0.2) is 23.3 Å².